The highest BCUT2D eigenvalue weighted by Gasteiger charge is 2.45. The lowest BCUT2D eigenvalue weighted by Gasteiger charge is -2.39. The molecule has 3 N–H and O–H groups in total. The topological polar surface area (TPSA) is 171 Å². The first-order chi connectivity index (χ1) is 32.9. The summed E-state index contributed by atoms with van der Waals surface area (Å²) in [6.07, 6.45) is 3.81. The Morgan fingerprint density at radius 3 is 2.22 bits per heavy atom. The molecule has 5 aliphatic heterocycles. The van der Waals surface area contributed by atoms with Crippen LogP contribution in [0.25, 0.3) is 11.1 Å². The number of hydrogen-bond donors (Lipinski definition) is 3. The number of imide groups is 2. The lowest BCUT2D eigenvalue weighted by molar-refractivity contribution is -0.122. The lowest BCUT2D eigenvalue weighted by Crippen LogP contribution is -2.58. The standard InChI is InChI=1S/C52H63N9O7/c1-5-59(40-16-25-68-26-17-40)45-29-39(28-42(35(45)4)48(63)53-30-43-33(2)27-34(3)54-49(43)64)38-11-9-36(10-12-38)31-56-21-23-57(24-22-56)32-37-13-18-58(19-14-37)44-8-6-7-41-47(44)51(66)61(50(41)65)60-20-15-46(62)55-52(60)67/h6-12,27-29,37,40H,5,13-26,30-32H2,1-4H3,(H,53,63)(H,54,64)(H,55,62,67). The molecule has 16 nitrogen and oxygen atoms in total. The maximum absolute atomic E-state index is 14.0. The maximum Gasteiger partial charge on any atom is 0.343 e. The SMILES string of the molecule is CCN(c1cc(-c2ccc(CN3CCN(CC4CCN(c5cccc6c5C(=O)N(N5CCC(=O)NC5=O)C6=O)CC4)CC3)cc2)cc(C(=O)NCc2c(C)cc(C)[nH]c2=O)c1C)C1CCOCC1. The van der Waals surface area contributed by atoms with E-state index in [1.54, 1.807) is 12.1 Å². The normalized spacial score (nSPS) is 18.9. The van der Waals surface area contributed by atoms with Crippen molar-refractivity contribution >= 4 is 41.0 Å². The number of anilines is 2. The molecule has 16 heteroatoms. The lowest BCUT2D eigenvalue weighted by atomic mass is 9.94. The van der Waals surface area contributed by atoms with Crippen LogP contribution in [-0.4, -0.2) is 133 Å². The predicted molar refractivity (Wildman–Crippen MR) is 260 cm³/mol. The van der Waals surface area contributed by atoms with E-state index in [9.17, 15) is 28.8 Å². The van der Waals surface area contributed by atoms with Crippen molar-refractivity contribution in [2.45, 2.75) is 78.9 Å². The molecule has 6 amide bonds. The number of carbonyl (C=O) groups is 5. The average Bonchev–Trinajstić information content (AvgIpc) is 3.59. The number of hydrogen-bond acceptors (Lipinski definition) is 11. The number of H-pyrrole nitrogens is 1. The van der Waals surface area contributed by atoms with Gasteiger partial charge in [0.05, 0.1) is 23.4 Å². The Morgan fingerprint density at radius 1 is 0.809 bits per heavy atom. The monoisotopic (exact) mass is 925 g/mol. The summed E-state index contributed by atoms with van der Waals surface area (Å²) in [5.74, 6) is -1.21. The Kier molecular flexibility index (Phi) is 13.8. The van der Waals surface area contributed by atoms with Gasteiger partial charge in [-0.15, -0.1) is 0 Å². The van der Waals surface area contributed by atoms with Crippen molar-refractivity contribution in [3.8, 4) is 11.1 Å². The summed E-state index contributed by atoms with van der Waals surface area (Å²) >= 11 is 0. The third-order valence-corrected chi connectivity index (χ3v) is 14.6. The van der Waals surface area contributed by atoms with E-state index in [-0.39, 0.29) is 36.5 Å². The first kappa shape index (κ1) is 46.7. The Hall–Kier alpha value is -6.36. The van der Waals surface area contributed by atoms with Crippen molar-refractivity contribution in [2.75, 3.05) is 81.9 Å². The molecule has 6 heterocycles. The average molecular weight is 926 g/mol. The van der Waals surface area contributed by atoms with Crippen molar-refractivity contribution in [2.24, 2.45) is 5.92 Å². The number of urea groups is 1. The molecule has 4 saturated heterocycles. The van der Waals surface area contributed by atoms with Gasteiger partial charge in [-0.05, 0) is 117 Å². The Labute approximate surface area is 397 Å². The summed E-state index contributed by atoms with van der Waals surface area (Å²) in [5, 5.41) is 7.18. The van der Waals surface area contributed by atoms with Crippen LogP contribution in [0.3, 0.4) is 0 Å². The largest absolute Gasteiger partial charge is 0.381 e. The van der Waals surface area contributed by atoms with Gasteiger partial charge >= 0.3 is 6.03 Å². The molecule has 0 bridgehead atoms. The molecule has 0 atom stereocenters. The Morgan fingerprint density at radius 2 is 1.53 bits per heavy atom. The molecule has 0 radical (unpaired) electrons. The minimum atomic E-state index is -0.767. The number of pyridine rings is 1. The third kappa shape index (κ3) is 9.67. The van der Waals surface area contributed by atoms with E-state index >= 15 is 0 Å². The quantitative estimate of drug-likeness (QED) is 0.147. The fourth-order valence-electron chi connectivity index (χ4n) is 10.8. The zero-order valence-electron chi connectivity index (χ0n) is 39.7. The van der Waals surface area contributed by atoms with Crippen LogP contribution in [0.5, 0.6) is 0 Å². The zero-order chi connectivity index (χ0) is 47.6. The van der Waals surface area contributed by atoms with Gasteiger partial charge in [-0.2, -0.15) is 5.01 Å². The van der Waals surface area contributed by atoms with Crippen LogP contribution in [0.2, 0.25) is 0 Å². The van der Waals surface area contributed by atoms with Gasteiger partial charge in [0.2, 0.25) is 5.91 Å². The molecule has 358 valence electrons. The number of amides is 6. The number of carbonyl (C=O) groups excluding carboxylic acids is 5. The summed E-state index contributed by atoms with van der Waals surface area (Å²) in [6, 6.07) is 19.7. The molecular weight excluding hydrogens is 863 g/mol. The molecule has 5 aliphatic rings. The van der Waals surface area contributed by atoms with E-state index in [2.05, 4.69) is 72.5 Å². The van der Waals surface area contributed by atoms with E-state index in [0.717, 1.165) is 141 Å². The smallest absolute Gasteiger partial charge is 0.343 e. The van der Waals surface area contributed by atoms with Crippen LogP contribution >= 0.6 is 0 Å². The molecule has 4 fully saturated rings. The molecule has 1 aromatic heterocycles. The van der Waals surface area contributed by atoms with Crippen molar-refractivity contribution in [1.29, 1.82) is 0 Å². The molecule has 0 aliphatic carbocycles. The zero-order valence-corrected chi connectivity index (χ0v) is 39.7. The van der Waals surface area contributed by atoms with Gasteiger partial charge in [0.1, 0.15) is 0 Å². The van der Waals surface area contributed by atoms with E-state index < -0.39 is 23.8 Å². The van der Waals surface area contributed by atoms with Crippen molar-refractivity contribution in [3.05, 3.63) is 116 Å². The highest BCUT2D eigenvalue weighted by atomic mass is 16.5. The summed E-state index contributed by atoms with van der Waals surface area (Å²) in [5.41, 5.74) is 9.14. The van der Waals surface area contributed by atoms with Gasteiger partial charge in [0, 0.05) is 114 Å². The van der Waals surface area contributed by atoms with Crippen LogP contribution in [0.4, 0.5) is 16.2 Å². The number of aromatic nitrogens is 1. The van der Waals surface area contributed by atoms with E-state index in [4.69, 9.17) is 4.74 Å². The minimum Gasteiger partial charge on any atom is -0.381 e. The number of nitrogens with zero attached hydrogens (tertiary/aromatic N) is 6. The second-order valence-corrected chi connectivity index (χ2v) is 19.0. The summed E-state index contributed by atoms with van der Waals surface area (Å²) in [7, 11) is 0. The van der Waals surface area contributed by atoms with Gasteiger partial charge in [-0.1, -0.05) is 30.3 Å². The van der Waals surface area contributed by atoms with E-state index in [1.807, 2.05) is 39.0 Å². The number of ether oxygens (including phenoxy) is 1. The highest BCUT2D eigenvalue weighted by molar-refractivity contribution is 6.24. The molecule has 3 aromatic carbocycles. The predicted octanol–water partition coefficient (Wildman–Crippen LogP) is 5.39. The number of nitrogens with one attached hydrogen (secondary N) is 3. The maximum atomic E-state index is 14.0. The molecule has 0 spiro atoms. The van der Waals surface area contributed by atoms with Crippen molar-refractivity contribution in [1.82, 2.24) is 35.4 Å². The number of hydrazine groups is 1. The third-order valence-electron chi connectivity index (χ3n) is 14.6. The van der Waals surface area contributed by atoms with Crippen LogP contribution < -0.4 is 26.0 Å². The number of benzene rings is 3. The number of aryl methyl sites for hydroxylation is 2. The van der Waals surface area contributed by atoms with Gasteiger partial charge < -0.3 is 29.7 Å². The molecule has 9 rings (SSSR count). The summed E-state index contributed by atoms with van der Waals surface area (Å²) in [6.45, 7) is 17.6. The molecular formula is C52H63N9O7. The van der Waals surface area contributed by atoms with Gasteiger partial charge in [0.25, 0.3) is 23.3 Å². The highest BCUT2D eigenvalue weighted by Crippen LogP contribution is 2.37. The second kappa shape index (κ2) is 20.1. The summed E-state index contributed by atoms with van der Waals surface area (Å²) < 4.78 is 5.71. The van der Waals surface area contributed by atoms with Gasteiger partial charge in [0.15, 0.2) is 0 Å². The van der Waals surface area contributed by atoms with Gasteiger partial charge in [-0.3, -0.25) is 34.2 Å². The molecule has 0 unspecified atom stereocenters. The Balaban J connectivity index is 0.805. The fraction of sp³-hybridized carbons (Fsp3) is 0.462. The molecule has 0 saturated carbocycles. The number of rotatable bonds is 13. The summed E-state index contributed by atoms with van der Waals surface area (Å²) in [4.78, 5) is 90.7. The van der Waals surface area contributed by atoms with Crippen molar-refractivity contribution in [3.63, 3.8) is 0 Å². The first-order valence-corrected chi connectivity index (χ1v) is 24.3. The number of aromatic amines is 1. The Bertz CT molecular complexity index is 2640. The van der Waals surface area contributed by atoms with Crippen LogP contribution in [-0.2, 0) is 22.6 Å². The first-order valence-electron chi connectivity index (χ1n) is 24.3. The second-order valence-electron chi connectivity index (χ2n) is 19.0. The van der Waals surface area contributed by atoms with Gasteiger partial charge in [-0.25, -0.2) is 9.80 Å². The van der Waals surface area contributed by atoms with Crippen LogP contribution in [0, 0.1) is 26.7 Å². The van der Waals surface area contributed by atoms with E-state index in [0.29, 0.717) is 34.3 Å². The minimum absolute atomic E-state index is 0.0171. The molecule has 68 heavy (non-hydrogen) atoms. The van der Waals surface area contributed by atoms with Crippen LogP contribution in [0.15, 0.2) is 65.5 Å². The fourth-order valence-corrected chi connectivity index (χ4v) is 10.8. The number of piperidine rings is 1. The van der Waals surface area contributed by atoms with Crippen LogP contribution in [0.1, 0.15) is 98.0 Å². The van der Waals surface area contributed by atoms with E-state index in [1.165, 1.54) is 5.56 Å². The number of piperazine rings is 1. The molecule has 4 aromatic rings. The van der Waals surface area contributed by atoms with Crippen molar-refractivity contribution < 1.29 is 28.7 Å². The number of fused-ring (bicyclic) bond motifs is 1.